The van der Waals surface area contributed by atoms with Crippen molar-refractivity contribution in [1.29, 1.82) is 0 Å². The summed E-state index contributed by atoms with van der Waals surface area (Å²) in [6.07, 6.45) is -4.27. The van der Waals surface area contributed by atoms with E-state index in [4.69, 9.17) is 4.74 Å². The Morgan fingerprint density at radius 2 is 1.53 bits per heavy atom. The van der Waals surface area contributed by atoms with E-state index in [2.05, 4.69) is 5.32 Å². The predicted octanol–water partition coefficient (Wildman–Crippen LogP) is 5.86. The van der Waals surface area contributed by atoms with Crippen molar-refractivity contribution in [1.82, 2.24) is 5.32 Å². The van der Waals surface area contributed by atoms with E-state index in [0.29, 0.717) is 16.9 Å². The van der Waals surface area contributed by atoms with Gasteiger partial charge < -0.3 is 15.2 Å². The number of halogens is 3. The second kappa shape index (κ2) is 10.5. The molecule has 0 heterocycles. The zero-order valence-electron chi connectivity index (χ0n) is 19.0. The Morgan fingerprint density at radius 1 is 0.833 bits per heavy atom. The van der Waals surface area contributed by atoms with Gasteiger partial charge in [0.15, 0.2) is 0 Å². The zero-order valence-corrected chi connectivity index (χ0v) is 19.0. The van der Waals surface area contributed by atoms with Crippen molar-refractivity contribution in [2.45, 2.75) is 25.2 Å². The summed E-state index contributed by atoms with van der Waals surface area (Å²) in [6, 6.07) is 22.9. The number of amides is 1. The molecular weight excluding hydrogens is 471 g/mol. The molecule has 0 aliphatic carbocycles. The first-order valence-electron chi connectivity index (χ1n) is 11.1. The molecule has 0 aromatic heterocycles. The number of ether oxygens (including phenoxy) is 1. The molecule has 0 saturated carbocycles. The van der Waals surface area contributed by atoms with Crippen LogP contribution in [-0.4, -0.2) is 23.0 Å². The molecule has 1 unspecified atom stereocenters. The van der Waals surface area contributed by atoms with E-state index in [1.165, 1.54) is 6.07 Å². The van der Waals surface area contributed by atoms with Gasteiger partial charge in [0.1, 0.15) is 18.4 Å². The second-order valence-corrected chi connectivity index (χ2v) is 8.26. The Morgan fingerprint density at radius 3 is 2.25 bits per heavy atom. The Balaban J connectivity index is 1.44. The van der Waals surface area contributed by atoms with Gasteiger partial charge in [0, 0.05) is 12.0 Å². The normalized spacial score (nSPS) is 12.2. The molecule has 0 fully saturated rings. The average molecular weight is 493 g/mol. The van der Waals surface area contributed by atoms with Crippen LogP contribution in [0.4, 0.5) is 13.2 Å². The molecule has 8 heteroatoms. The third kappa shape index (κ3) is 6.21. The Hall–Kier alpha value is -4.33. The maximum Gasteiger partial charge on any atom is 0.416 e. The highest BCUT2D eigenvalue weighted by molar-refractivity contribution is 6.00. The van der Waals surface area contributed by atoms with Crippen molar-refractivity contribution in [2.75, 3.05) is 0 Å². The molecule has 0 radical (unpaired) electrons. The number of carbonyl (C=O) groups excluding carboxylic acids is 1. The lowest BCUT2D eigenvalue weighted by molar-refractivity contribution is -0.139. The summed E-state index contributed by atoms with van der Waals surface area (Å²) in [5.41, 5.74) is 0.753. The Bertz CT molecular complexity index is 1390. The molecule has 184 valence electrons. The van der Waals surface area contributed by atoms with Crippen LogP contribution in [-0.2, 0) is 24.0 Å². The molecule has 0 bridgehead atoms. The summed E-state index contributed by atoms with van der Waals surface area (Å²) in [7, 11) is 0. The molecule has 1 atom stereocenters. The first-order chi connectivity index (χ1) is 17.2. The molecule has 4 aromatic carbocycles. The highest BCUT2D eigenvalue weighted by atomic mass is 19.4. The first kappa shape index (κ1) is 24.8. The van der Waals surface area contributed by atoms with Crippen LogP contribution < -0.4 is 10.1 Å². The summed E-state index contributed by atoms with van der Waals surface area (Å²) >= 11 is 0. The van der Waals surface area contributed by atoms with E-state index in [9.17, 15) is 27.9 Å². The van der Waals surface area contributed by atoms with Crippen molar-refractivity contribution in [3.8, 4) is 5.75 Å². The lowest BCUT2D eigenvalue weighted by atomic mass is 10.0. The van der Waals surface area contributed by atoms with Crippen LogP contribution in [0, 0.1) is 0 Å². The number of alkyl halides is 3. The first-order valence-corrected chi connectivity index (χ1v) is 11.1. The third-order valence-corrected chi connectivity index (χ3v) is 5.62. The third-order valence-electron chi connectivity index (χ3n) is 5.62. The van der Waals surface area contributed by atoms with E-state index in [-0.39, 0.29) is 13.0 Å². The van der Waals surface area contributed by atoms with Gasteiger partial charge in [0.2, 0.25) is 0 Å². The van der Waals surface area contributed by atoms with E-state index < -0.39 is 29.7 Å². The van der Waals surface area contributed by atoms with Gasteiger partial charge in [-0.15, -0.1) is 0 Å². The summed E-state index contributed by atoms with van der Waals surface area (Å²) < 4.78 is 44.4. The number of rotatable bonds is 8. The van der Waals surface area contributed by atoms with Gasteiger partial charge in [0.25, 0.3) is 5.91 Å². The van der Waals surface area contributed by atoms with Crippen LogP contribution in [0.15, 0.2) is 91.0 Å². The molecule has 4 rings (SSSR count). The van der Waals surface area contributed by atoms with Gasteiger partial charge in [0.05, 0.1) is 5.56 Å². The molecular formula is C28H22F3NO4. The molecule has 0 spiro atoms. The fourth-order valence-electron chi connectivity index (χ4n) is 3.75. The van der Waals surface area contributed by atoms with Gasteiger partial charge in [-0.25, -0.2) is 4.79 Å². The maximum atomic E-state index is 12.9. The van der Waals surface area contributed by atoms with E-state index in [0.717, 1.165) is 28.5 Å². The van der Waals surface area contributed by atoms with Crippen molar-refractivity contribution in [3.63, 3.8) is 0 Å². The van der Waals surface area contributed by atoms with Crippen LogP contribution >= 0.6 is 0 Å². The fraction of sp³-hybridized carbons (Fsp3) is 0.143. The van der Waals surface area contributed by atoms with E-state index in [1.54, 1.807) is 66.7 Å². The monoisotopic (exact) mass is 493 g/mol. The van der Waals surface area contributed by atoms with E-state index in [1.807, 2.05) is 6.07 Å². The molecule has 36 heavy (non-hydrogen) atoms. The van der Waals surface area contributed by atoms with Gasteiger partial charge >= 0.3 is 12.1 Å². The van der Waals surface area contributed by atoms with Crippen LogP contribution in [0.5, 0.6) is 5.75 Å². The number of nitrogens with one attached hydrogen (secondary N) is 1. The molecule has 0 aliphatic heterocycles. The van der Waals surface area contributed by atoms with E-state index >= 15 is 0 Å². The Kier molecular flexibility index (Phi) is 7.24. The van der Waals surface area contributed by atoms with Crippen molar-refractivity contribution >= 4 is 22.6 Å². The topological polar surface area (TPSA) is 75.6 Å². The minimum absolute atomic E-state index is 0.0338. The quantitative estimate of drug-likeness (QED) is 0.322. The molecule has 0 saturated heterocycles. The van der Waals surface area contributed by atoms with Crippen LogP contribution in [0.2, 0.25) is 0 Å². The number of aliphatic carboxylic acids is 1. The minimum Gasteiger partial charge on any atom is -0.489 e. The SMILES string of the molecule is O=C(NC(Cc1ccccc1)C(=O)O)c1ccc2cc(OCc3cccc(C(F)(F)F)c3)ccc2c1. The highest BCUT2D eigenvalue weighted by Crippen LogP contribution is 2.30. The molecule has 0 aliphatic rings. The lowest BCUT2D eigenvalue weighted by Crippen LogP contribution is -2.42. The predicted molar refractivity (Wildman–Crippen MR) is 129 cm³/mol. The van der Waals surface area contributed by atoms with Crippen LogP contribution in [0.1, 0.15) is 27.0 Å². The zero-order chi connectivity index (χ0) is 25.7. The Labute approximate surface area is 205 Å². The minimum atomic E-state index is -4.42. The van der Waals surface area contributed by atoms with Gasteiger partial charge in [-0.2, -0.15) is 13.2 Å². The molecule has 4 aromatic rings. The molecule has 5 nitrogen and oxygen atoms in total. The van der Waals surface area contributed by atoms with Gasteiger partial charge in [-0.3, -0.25) is 4.79 Å². The highest BCUT2D eigenvalue weighted by Gasteiger charge is 2.30. The summed E-state index contributed by atoms with van der Waals surface area (Å²) in [6.45, 7) is -0.0338. The number of hydrogen-bond donors (Lipinski definition) is 2. The smallest absolute Gasteiger partial charge is 0.416 e. The number of benzene rings is 4. The van der Waals surface area contributed by atoms with Gasteiger partial charge in [-0.05, 0) is 58.3 Å². The maximum absolute atomic E-state index is 12.9. The molecule has 2 N–H and O–H groups in total. The summed E-state index contributed by atoms with van der Waals surface area (Å²) in [4.78, 5) is 24.4. The number of carboxylic acid groups (broad SMARTS) is 1. The lowest BCUT2D eigenvalue weighted by Gasteiger charge is -2.15. The van der Waals surface area contributed by atoms with Crippen LogP contribution in [0.25, 0.3) is 10.8 Å². The van der Waals surface area contributed by atoms with Crippen molar-refractivity contribution < 1.29 is 32.6 Å². The fourth-order valence-corrected chi connectivity index (χ4v) is 3.75. The summed E-state index contributed by atoms with van der Waals surface area (Å²) in [5, 5.41) is 13.6. The number of fused-ring (bicyclic) bond motifs is 1. The molecule has 1 amide bonds. The average Bonchev–Trinajstić information content (AvgIpc) is 2.87. The van der Waals surface area contributed by atoms with Crippen molar-refractivity contribution in [3.05, 3.63) is 113 Å². The number of hydrogen-bond acceptors (Lipinski definition) is 3. The standard InChI is InChI=1S/C28H22F3NO4/c29-28(30,31)23-8-4-7-19(13-23)17-36-24-12-11-20-15-22(10-9-21(20)16-24)26(33)32-25(27(34)35)14-18-5-2-1-3-6-18/h1-13,15-16,25H,14,17H2,(H,32,33)(H,34,35). The second-order valence-electron chi connectivity index (χ2n) is 8.26. The number of carbonyl (C=O) groups is 2. The van der Waals surface area contributed by atoms with Crippen molar-refractivity contribution in [2.24, 2.45) is 0 Å². The number of carboxylic acids is 1. The summed E-state index contributed by atoms with van der Waals surface area (Å²) in [5.74, 6) is -1.17. The van der Waals surface area contributed by atoms with Crippen LogP contribution in [0.3, 0.4) is 0 Å². The van der Waals surface area contributed by atoms with Gasteiger partial charge in [-0.1, -0.05) is 54.6 Å². The largest absolute Gasteiger partial charge is 0.489 e.